The summed E-state index contributed by atoms with van der Waals surface area (Å²) in [6.07, 6.45) is 0. The molecule has 0 atom stereocenters. The molecule has 0 bridgehead atoms. The quantitative estimate of drug-likeness (QED) is 0.544. The molecule has 0 saturated heterocycles. The highest BCUT2D eigenvalue weighted by molar-refractivity contribution is 5.12. The van der Waals surface area contributed by atoms with Crippen LogP contribution in [0.15, 0.2) is 11.4 Å². The summed E-state index contributed by atoms with van der Waals surface area (Å²) in [5.74, 6) is 0. The highest BCUT2D eigenvalue weighted by Crippen LogP contribution is 2.19. The normalized spacial score (nSPS) is 19.2. The Hall–Kier alpha value is -0.660. The van der Waals surface area contributed by atoms with Gasteiger partial charge in [-0.2, -0.15) is 0 Å². The van der Waals surface area contributed by atoms with E-state index in [9.17, 15) is 0 Å². The lowest BCUT2D eigenvalue weighted by Crippen LogP contribution is -2.24. The lowest BCUT2D eigenvalue weighted by molar-refractivity contribution is 0.288. The Morgan fingerprint density at radius 1 is 1.30 bits per heavy atom. The van der Waals surface area contributed by atoms with Gasteiger partial charge in [0.25, 0.3) is 0 Å². The second kappa shape index (κ2) is 2.52. The van der Waals surface area contributed by atoms with Crippen LogP contribution in [-0.2, 0) is 0 Å². The lowest BCUT2D eigenvalue weighted by atomic mass is 10.4. The highest BCUT2D eigenvalue weighted by atomic mass is 15.4. The van der Waals surface area contributed by atoms with E-state index in [1.165, 1.54) is 11.4 Å². The van der Waals surface area contributed by atoms with Gasteiger partial charge in [-0.1, -0.05) is 0 Å². The van der Waals surface area contributed by atoms with Crippen LogP contribution in [0, 0.1) is 0 Å². The van der Waals surface area contributed by atoms with Gasteiger partial charge >= 0.3 is 0 Å². The van der Waals surface area contributed by atoms with Crippen molar-refractivity contribution >= 4 is 0 Å². The molecule has 1 aliphatic rings. The first-order chi connectivity index (χ1) is 4.66. The zero-order valence-corrected chi connectivity index (χ0v) is 7.31. The molecule has 10 heavy (non-hydrogen) atoms. The fourth-order valence-electron chi connectivity index (χ4n) is 1.31. The molecule has 1 heterocycles. The number of rotatable bonds is 1. The summed E-state index contributed by atoms with van der Waals surface area (Å²) in [6.45, 7) is 8.73. The Bertz CT molecular complexity index is 161. The van der Waals surface area contributed by atoms with Crippen molar-refractivity contribution in [3.05, 3.63) is 11.4 Å². The van der Waals surface area contributed by atoms with Crippen LogP contribution in [0.1, 0.15) is 20.8 Å². The van der Waals surface area contributed by atoms with Crippen LogP contribution >= 0.6 is 0 Å². The van der Waals surface area contributed by atoms with Crippen molar-refractivity contribution in [3.63, 3.8) is 0 Å². The Labute approximate surface area is 63.1 Å². The van der Waals surface area contributed by atoms with Gasteiger partial charge in [0.05, 0.1) is 6.67 Å². The van der Waals surface area contributed by atoms with E-state index in [0.29, 0.717) is 0 Å². The third-order valence-electron chi connectivity index (χ3n) is 2.34. The van der Waals surface area contributed by atoms with Gasteiger partial charge in [-0.15, -0.1) is 0 Å². The maximum absolute atomic E-state index is 2.37. The number of allylic oxidation sites excluding steroid dienone is 2. The minimum atomic E-state index is 1.06. The predicted octanol–water partition coefficient (Wildman–Crippen LogP) is 1.46. The van der Waals surface area contributed by atoms with E-state index in [1.54, 1.807) is 0 Å². The zero-order valence-electron chi connectivity index (χ0n) is 7.31. The monoisotopic (exact) mass is 140 g/mol. The Balaban J connectivity index is 2.73. The molecule has 1 aliphatic heterocycles. The van der Waals surface area contributed by atoms with E-state index >= 15 is 0 Å². The highest BCUT2D eigenvalue weighted by Gasteiger charge is 2.17. The zero-order chi connectivity index (χ0) is 7.72. The second-order valence-electron chi connectivity index (χ2n) is 2.87. The van der Waals surface area contributed by atoms with Crippen LogP contribution in [0.2, 0.25) is 0 Å². The number of nitrogens with zero attached hydrogens (tertiary/aromatic N) is 2. The lowest BCUT2D eigenvalue weighted by Gasteiger charge is -2.18. The molecule has 0 N–H and O–H groups in total. The van der Waals surface area contributed by atoms with Crippen molar-refractivity contribution in [1.29, 1.82) is 0 Å². The number of hydrogen-bond donors (Lipinski definition) is 0. The van der Waals surface area contributed by atoms with Gasteiger partial charge in [0.1, 0.15) is 0 Å². The van der Waals surface area contributed by atoms with Gasteiger partial charge in [-0.25, -0.2) is 0 Å². The van der Waals surface area contributed by atoms with Crippen LogP contribution in [0.3, 0.4) is 0 Å². The molecule has 0 fully saturated rings. The Kier molecular flexibility index (Phi) is 1.88. The van der Waals surface area contributed by atoms with Gasteiger partial charge in [-0.3, -0.25) is 0 Å². The molecule has 0 spiro atoms. The third kappa shape index (κ3) is 0.981. The molecule has 2 nitrogen and oxygen atoms in total. The van der Waals surface area contributed by atoms with E-state index in [-0.39, 0.29) is 0 Å². The van der Waals surface area contributed by atoms with Crippen LogP contribution in [0.25, 0.3) is 0 Å². The summed E-state index contributed by atoms with van der Waals surface area (Å²) in [7, 11) is 2.13. The standard InChI is InChI=1S/C8H16N2/c1-5-10-6-9(4)7(2)8(10)3/h5-6H2,1-4H3. The average molecular weight is 140 g/mol. The molecule has 0 radical (unpaired) electrons. The van der Waals surface area contributed by atoms with Gasteiger partial charge in [-0.05, 0) is 20.8 Å². The van der Waals surface area contributed by atoms with Gasteiger partial charge in [0.15, 0.2) is 0 Å². The summed E-state index contributed by atoms with van der Waals surface area (Å²) in [4.78, 5) is 4.65. The minimum absolute atomic E-state index is 1.06. The molecule has 0 aliphatic carbocycles. The first-order valence-electron chi connectivity index (χ1n) is 3.80. The second-order valence-corrected chi connectivity index (χ2v) is 2.87. The molecular formula is C8H16N2. The summed E-state index contributed by atoms with van der Waals surface area (Å²) >= 11 is 0. The van der Waals surface area contributed by atoms with Crippen molar-refractivity contribution in [3.8, 4) is 0 Å². The summed E-state index contributed by atoms with van der Waals surface area (Å²) in [5, 5.41) is 0. The first-order valence-corrected chi connectivity index (χ1v) is 3.80. The van der Waals surface area contributed by atoms with Crippen molar-refractivity contribution in [2.45, 2.75) is 20.8 Å². The smallest absolute Gasteiger partial charge is 0.0895 e. The molecule has 2 heteroatoms. The van der Waals surface area contributed by atoms with E-state index in [0.717, 1.165) is 13.2 Å². The van der Waals surface area contributed by atoms with Crippen LogP contribution < -0.4 is 0 Å². The molecule has 0 aromatic rings. The fraction of sp³-hybridized carbons (Fsp3) is 0.750. The predicted molar refractivity (Wildman–Crippen MR) is 43.4 cm³/mol. The topological polar surface area (TPSA) is 6.48 Å². The molecule has 0 aromatic carbocycles. The third-order valence-corrected chi connectivity index (χ3v) is 2.34. The van der Waals surface area contributed by atoms with Crippen LogP contribution in [0.5, 0.6) is 0 Å². The molecule has 0 saturated carbocycles. The summed E-state index contributed by atoms with van der Waals surface area (Å²) in [5.41, 5.74) is 2.83. The van der Waals surface area contributed by atoms with Crippen molar-refractivity contribution in [1.82, 2.24) is 9.80 Å². The van der Waals surface area contributed by atoms with Crippen LogP contribution in [-0.4, -0.2) is 30.1 Å². The average Bonchev–Trinajstić information content (AvgIpc) is 2.17. The van der Waals surface area contributed by atoms with E-state index < -0.39 is 0 Å². The number of hydrogen-bond acceptors (Lipinski definition) is 2. The first kappa shape index (κ1) is 7.45. The van der Waals surface area contributed by atoms with E-state index in [4.69, 9.17) is 0 Å². The molecule has 58 valence electrons. The Morgan fingerprint density at radius 2 is 1.90 bits per heavy atom. The van der Waals surface area contributed by atoms with E-state index in [1.807, 2.05) is 0 Å². The van der Waals surface area contributed by atoms with Gasteiger partial charge < -0.3 is 9.80 Å². The van der Waals surface area contributed by atoms with E-state index in [2.05, 4.69) is 37.6 Å². The SMILES string of the molecule is CCN1CN(C)C(C)=C1C. The van der Waals surface area contributed by atoms with Crippen LogP contribution in [0.4, 0.5) is 0 Å². The molecule has 1 rings (SSSR count). The summed E-state index contributed by atoms with van der Waals surface area (Å²) in [6, 6.07) is 0. The fourth-order valence-corrected chi connectivity index (χ4v) is 1.31. The molecule has 0 amide bonds. The van der Waals surface area contributed by atoms with Crippen molar-refractivity contribution in [2.75, 3.05) is 20.3 Å². The van der Waals surface area contributed by atoms with Gasteiger partial charge in [0.2, 0.25) is 0 Å². The molecule has 0 aromatic heterocycles. The maximum Gasteiger partial charge on any atom is 0.0895 e. The Morgan fingerprint density at radius 3 is 2.10 bits per heavy atom. The minimum Gasteiger partial charge on any atom is -0.359 e. The van der Waals surface area contributed by atoms with Crippen molar-refractivity contribution < 1.29 is 0 Å². The van der Waals surface area contributed by atoms with Gasteiger partial charge in [0, 0.05) is 25.0 Å². The summed E-state index contributed by atoms with van der Waals surface area (Å²) < 4.78 is 0. The maximum atomic E-state index is 2.37. The molecular weight excluding hydrogens is 124 g/mol. The van der Waals surface area contributed by atoms with Crippen molar-refractivity contribution in [2.24, 2.45) is 0 Å². The molecule has 0 unspecified atom stereocenters. The largest absolute Gasteiger partial charge is 0.359 e.